The van der Waals surface area contributed by atoms with E-state index in [0.29, 0.717) is 7.35 Å². The van der Waals surface area contributed by atoms with Gasteiger partial charge in [-0.05, 0) is 0 Å². The summed E-state index contributed by atoms with van der Waals surface area (Å²) in [5.74, 6) is 0. The van der Waals surface area contributed by atoms with Crippen LogP contribution in [0.3, 0.4) is 0 Å². The van der Waals surface area contributed by atoms with Gasteiger partial charge in [-0.25, -0.2) is 0 Å². The Labute approximate surface area is 285 Å². The van der Waals surface area contributed by atoms with Crippen LogP contribution >= 0.6 is 15.8 Å². The molecule has 0 N–H and O–H groups in total. The third kappa shape index (κ3) is 7.08. The molecule has 0 heterocycles. The van der Waals surface area contributed by atoms with Crippen LogP contribution in [0.1, 0.15) is 70.1 Å². The predicted octanol–water partition coefficient (Wildman–Crippen LogP) is 4.48. The molecule has 0 saturated carbocycles. The Kier molecular flexibility index (Phi) is 12.7. The van der Waals surface area contributed by atoms with E-state index in [4.69, 9.17) is 0 Å². The second-order valence-electron chi connectivity index (χ2n) is 11.4. The van der Waals surface area contributed by atoms with Crippen LogP contribution in [0.2, 0.25) is 0 Å². The smallest absolute Gasteiger partial charge is 1.00 e. The van der Waals surface area contributed by atoms with Gasteiger partial charge in [0, 0.05) is 0 Å². The Bertz CT molecular complexity index is 1500. The minimum atomic E-state index is -1.34. The molecule has 0 fully saturated rings. The zero-order chi connectivity index (χ0) is 28.3. The van der Waals surface area contributed by atoms with Crippen LogP contribution in [0, 0.1) is 0 Å². The Morgan fingerprint density at radius 1 is 0.558 bits per heavy atom. The molecule has 4 aromatic carbocycles. The van der Waals surface area contributed by atoms with Crippen molar-refractivity contribution >= 4 is 38.6 Å². The molecule has 0 amide bonds. The van der Waals surface area contributed by atoms with E-state index in [1.165, 1.54) is 34.6 Å². The van der Waals surface area contributed by atoms with Gasteiger partial charge in [0.05, 0.1) is 0 Å². The standard InChI is InChI=1S/C21H16P.C17H24P.2ClH.Hf/c1-3-11-19(12-4-1)22(20-13-5-2-6-14-20)21-15-17-9-7-8-10-18(17)16-21;1-5-13(3)18(14(4)6-2)17-11-15-9-7-8-10-16(15)12-17;;;/h1-16H;7-14H,5-6H2,1-4H3;2*1H;/q;;;;+2/p-2. The molecule has 2 aliphatic carbocycles. The molecule has 0 radical (unpaired) electrons. The van der Waals surface area contributed by atoms with E-state index < -0.39 is 30.8 Å². The molecule has 0 saturated heterocycles. The Hall–Kier alpha value is -1.33. The van der Waals surface area contributed by atoms with Crippen LogP contribution in [0.4, 0.5) is 0 Å². The molecule has 0 aromatic heterocycles. The summed E-state index contributed by atoms with van der Waals surface area (Å²) in [4.78, 5) is 0. The van der Waals surface area contributed by atoms with Crippen molar-refractivity contribution in [1.82, 2.24) is 0 Å². The van der Waals surface area contributed by atoms with Gasteiger partial charge in [-0.15, -0.1) is 0 Å². The van der Waals surface area contributed by atoms with Crippen LogP contribution in [-0.2, 0) is 22.9 Å². The first-order valence-electron chi connectivity index (χ1n) is 15.2. The van der Waals surface area contributed by atoms with E-state index in [1.807, 2.05) is 5.31 Å². The fraction of sp³-hybridized carbons (Fsp3) is 0.263. The zero-order valence-corrected chi connectivity index (χ0v) is 32.3. The number of rotatable bonds is 10. The quantitative estimate of drug-likeness (QED) is 0.164. The molecule has 6 rings (SSSR count). The summed E-state index contributed by atoms with van der Waals surface area (Å²) in [6.45, 7) is 9.88. The van der Waals surface area contributed by atoms with Gasteiger partial charge in [0.1, 0.15) is 0 Å². The van der Waals surface area contributed by atoms with Gasteiger partial charge >= 0.3 is 263 Å². The third-order valence-corrected chi connectivity index (χ3v) is 23.6. The first-order chi connectivity index (χ1) is 20.1. The summed E-state index contributed by atoms with van der Waals surface area (Å²) in [5, 5.41) is 6.48. The van der Waals surface area contributed by atoms with Gasteiger partial charge < -0.3 is 24.8 Å². The van der Waals surface area contributed by atoms with Gasteiger partial charge in [0.15, 0.2) is 0 Å². The van der Waals surface area contributed by atoms with Gasteiger partial charge in [0.25, 0.3) is 0 Å². The van der Waals surface area contributed by atoms with Crippen LogP contribution in [0.15, 0.2) is 120 Å². The molecule has 4 atom stereocenters. The summed E-state index contributed by atoms with van der Waals surface area (Å²) in [7, 11) is -0.770. The Balaban J connectivity index is 0.00000212. The molecular formula is C38H40Cl2HfP2. The van der Waals surface area contributed by atoms with Crippen molar-refractivity contribution in [2.45, 2.75) is 59.2 Å². The van der Waals surface area contributed by atoms with E-state index in [1.54, 1.807) is 16.4 Å². The van der Waals surface area contributed by atoms with E-state index in [2.05, 4.69) is 149 Å². The molecule has 0 nitrogen and oxygen atoms in total. The van der Waals surface area contributed by atoms with Crippen molar-refractivity contribution in [1.29, 1.82) is 0 Å². The zero-order valence-electron chi connectivity index (χ0n) is 25.4. The molecule has 5 heteroatoms. The number of hydrogen-bond acceptors (Lipinski definition) is 0. The molecular weight excluding hydrogens is 768 g/mol. The molecule has 4 unspecified atom stereocenters. The van der Waals surface area contributed by atoms with Gasteiger partial charge in [-0.3, -0.25) is 0 Å². The minimum Gasteiger partial charge on any atom is -1.00 e. The molecule has 0 spiro atoms. The van der Waals surface area contributed by atoms with E-state index in [0.717, 1.165) is 11.3 Å². The normalized spacial score (nSPS) is 18.6. The van der Waals surface area contributed by atoms with Crippen molar-refractivity contribution in [3.05, 3.63) is 142 Å². The van der Waals surface area contributed by atoms with Crippen molar-refractivity contribution in [2.24, 2.45) is 0 Å². The molecule has 220 valence electrons. The molecule has 0 aliphatic heterocycles. The van der Waals surface area contributed by atoms with E-state index >= 15 is 0 Å². The number of allylic oxidation sites excluding steroid dienone is 2. The van der Waals surface area contributed by atoms with Crippen LogP contribution in [0.25, 0.3) is 12.2 Å². The van der Waals surface area contributed by atoms with Gasteiger partial charge in [-0.1, -0.05) is 0 Å². The summed E-state index contributed by atoms with van der Waals surface area (Å²) >= 11 is -1.34. The number of benzene rings is 4. The summed E-state index contributed by atoms with van der Waals surface area (Å²) in [6.07, 6.45) is 7.82. The number of fused-ring (bicyclic) bond motifs is 2. The average molecular weight is 808 g/mol. The first kappa shape index (κ1) is 34.5. The molecule has 0 bridgehead atoms. The van der Waals surface area contributed by atoms with E-state index in [-0.39, 0.29) is 32.7 Å². The van der Waals surface area contributed by atoms with E-state index in [9.17, 15) is 0 Å². The summed E-state index contributed by atoms with van der Waals surface area (Å²) in [6, 6.07) is 41.5. The molecule has 4 aromatic rings. The topological polar surface area (TPSA) is 0 Å². The predicted molar refractivity (Wildman–Crippen MR) is 180 cm³/mol. The largest absolute Gasteiger partial charge is 1.00 e. The van der Waals surface area contributed by atoms with Crippen molar-refractivity contribution in [3.63, 3.8) is 0 Å². The van der Waals surface area contributed by atoms with Crippen LogP contribution < -0.4 is 35.4 Å². The average Bonchev–Trinajstić information content (AvgIpc) is 3.56. The second kappa shape index (κ2) is 15.8. The molecule has 2 aliphatic rings. The second-order valence-corrected chi connectivity index (χ2v) is 22.0. The van der Waals surface area contributed by atoms with Gasteiger partial charge in [0.2, 0.25) is 0 Å². The summed E-state index contributed by atoms with van der Waals surface area (Å²) in [5.41, 5.74) is 7.74. The number of halogens is 2. The summed E-state index contributed by atoms with van der Waals surface area (Å²) < 4.78 is 1.27. The monoisotopic (exact) mass is 808 g/mol. The van der Waals surface area contributed by atoms with Gasteiger partial charge in [-0.2, -0.15) is 0 Å². The SMILES string of the molecule is CCC(C)P(C1=Cc2ccccc2[CH]1[Hf+2][CH]1C(P(c2ccccc2)c2ccccc2)=Cc2ccccc21)C(C)CC.[Cl-].[Cl-]. The van der Waals surface area contributed by atoms with Crippen LogP contribution in [0.5, 0.6) is 0 Å². The number of hydrogen-bond donors (Lipinski definition) is 0. The van der Waals surface area contributed by atoms with Crippen molar-refractivity contribution in [2.75, 3.05) is 0 Å². The Morgan fingerprint density at radius 3 is 1.42 bits per heavy atom. The maximum atomic E-state index is 2.67. The van der Waals surface area contributed by atoms with Crippen LogP contribution in [-0.4, -0.2) is 11.3 Å². The van der Waals surface area contributed by atoms with Crippen molar-refractivity contribution < 1.29 is 47.7 Å². The van der Waals surface area contributed by atoms with Crippen molar-refractivity contribution in [3.8, 4) is 0 Å². The maximum absolute atomic E-state index is 2.67. The fourth-order valence-electron chi connectivity index (χ4n) is 6.49. The maximum Gasteiger partial charge on any atom is -1.00 e. The minimum absolute atomic E-state index is 0. The first-order valence-corrected chi connectivity index (χ1v) is 22.1. The Morgan fingerprint density at radius 2 is 0.953 bits per heavy atom. The fourth-order valence-corrected chi connectivity index (χ4v) is 22.8. The third-order valence-electron chi connectivity index (χ3n) is 8.86. The molecule has 43 heavy (non-hydrogen) atoms.